The molecule has 0 aliphatic heterocycles. The predicted octanol–water partition coefficient (Wildman–Crippen LogP) is 6.91. The number of phenols is 1. The Morgan fingerprint density at radius 2 is 1.18 bits per heavy atom. The SMILES string of the molecule is Cc1cc(C)c(B(c2ccc(N=Nc3ccc(O)c4cccc(N)c34)cc2)c2c(C)cc(C)cc2C)c(C)c1. The molecule has 0 spiro atoms. The zero-order valence-electron chi connectivity index (χ0n) is 23.5. The van der Waals surface area contributed by atoms with Crippen LogP contribution >= 0.6 is 0 Å². The maximum absolute atomic E-state index is 10.3. The van der Waals surface area contributed by atoms with E-state index >= 15 is 0 Å². The fourth-order valence-electron chi connectivity index (χ4n) is 6.10. The molecule has 0 aromatic heterocycles. The molecule has 5 rings (SSSR count). The molecule has 0 aliphatic rings. The lowest BCUT2D eigenvalue weighted by molar-refractivity contribution is 0.481. The van der Waals surface area contributed by atoms with Gasteiger partial charge < -0.3 is 10.8 Å². The van der Waals surface area contributed by atoms with Gasteiger partial charge in [0.1, 0.15) is 5.75 Å². The minimum Gasteiger partial charge on any atom is -0.507 e. The smallest absolute Gasteiger partial charge is 0.242 e. The number of phenolic OH excluding ortho intramolecular Hbond substituents is 1. The zero-order chi connectivity index (χ0) is 27.8. The highest BCUT2D eigenvalue weighted by atomic mass is 16.3. The highest BCUT2D eigenvalue weighted by Gasteiger charge is 2.28. The predicted molar refractivity (Wildman–Crippen MR) is 167 cm³/mol. The highest BCUT2D eigenvalue weighted by molar-refractivity contribution is 6.96. The summed E-state index contributed by atoms with van der Waals surface area (Å²) >= 11 is 0. The van der Waals surface area contributed by atoms with E-state index in [-0.39, 0.29) is 12.5 Å². The van der Waals surface area contributed by atoms with E-state index in [0.29, 0.717) is 22.1 Å². The zero-order valence-corrected chi connectivity index (χ0v) is 23.5. The van der Waals surface area contributed by atoms with E-state index in [4.69, 9.17) is 5.73 Å². The van der Waals surface area contributed by atoms with E-state index in [1.165, 1.54) is 49.8 Å². The third kappa shape index (κ3) is 5.05. The standard InChI is InChI=1S/C34H34BN3O/c1-20-16-22(3)33(23(4)17-20)35(34-24(5)18-21(2)19-25(34)6)26-10-12-27(13-11-26)37-38-30-14-15-31(39)28-8-7-9-29(36)32(28)30/h7-19,39H,36H2,1-6H3. The third-order valence-electron chi connectivity index (χ3n) is 7.58. The molecule has 0 aliphatic carbocycles. The number of hydrogen-bond acceptors (Lipinski definition) is 4. The van der Waals surface area contributed by atoms with Crippen LogP contribution in [0.25, 0.3) is 10.8 Å². The van der Waals surface area contributed by atoms with Gasteiger partial charge >= 0.3 is 0 Å². The minimum atomic E-state index is 0.109. The Labute approximate surface area is 231 Å². The van der Waals surface area contributed by atoms with E-state index in [1.54, 1.807) is 18.2 Å². The maximum atomic E-state index is 10.3. The summed E-state index contributed by atoms with van der Waals surface area (Å²) in [5, 5.41) is 20.7. The molecule has 0 radical (unpaired) electrons. The van der Waals surface area contributed by atoms with Gasteiger partial charge in [-0.05, 0) is 71.9 Å². The van der Waals surface area contributed by atoms with Crippen molar-refractivity contribution in [3.05, 3.63) is 112 Å². The van der Waals surface area contributed by atoms with Crippen LogP contribution in [0.15, 0.2) is 89.1 Å². The Morgan fingerprint density at radius 1 is 0.641 bits per heavy atom. The van der Waals surface area contributed by atoms with Crippen molar-refractivity contribution in [2.75, 3.05) is 5.73 Å². The van der Waals surface area contributed by atoms with Crippen LogP contribution in [0.2, 0.25) is 0 Å². The minimum absolute atomic E-state index is 0.109. The number of nitrogens with zero attached hydrogens (tertiary/aromatic N) is 2. The maximum Gasteiger partial charge on any atom is 0.242 e. The van der Waals surface area contributed by atoms with Gasteiger partial charge in [0, 0.05) is 16.5 Å². The van der Waals surface area contributed by atoms with Crippen molar-refractivity contribution < 1.29 is 5.11 Å². The number of hydrogen-bond donors (Lipinski definition) is 2. The van der Waals surface area contributed by atoms with Crippen molar-refractivity contribution in [3.63, 3.8) is 0 Å². The second-order valence-corrected chi connectivity index (χ2v) is 10.7. The number of fused-ring (bicyclic) bond motifs is 1. The Hall–Kier alpha value is -4.38. The molecule has 0 atom stereocenters. The van der Waals surface area contributed by atoms with E-state index in [0.717, 1.165) is 5.69 Å². The van der Waals surface area contributed by atoms with E-state index < -0.39 is 0 Å². The summed E-state index contributed by atoms with van der Waals surface area (Å²) in [7, 11) is 0. The largest absolute Gasteiger partial charge is 0.507 e. The molecule has 4 nitrogen and oxygen atoms in total. The van der Waals surface area contributed by atoms with Crippen LogP contribution in [0, 0.1) is 41.5 Å². The summed E-state index contributed by atoms with van der Waals surface area (Å²) in [5.41, 5.74) is 19.9. The van der Waals surface area contributed by atoms with Crippen LogP contribution in [0.5, 0.6) is 5.75 Å². The molecule has 0 saturated heterocycles. The molecular weight excluding hydrogens is 477 g/mol. The number of aromatic hydroxyl groups is 1. The molecule has 3 N–H and O–H groups in total. The summed E-state index contributed by atoms with van der Waals surface area (Å²) in [6.07, 6.45) is 0. The van der Waals surface area contributed by atoms with Crippen LogP contribution in [0.1, 0.15) is 33.4 Å². The van der Waals surface area contributed by atoms with E-state index in [2.05, 4.69) is 88.2 Å². The normalized spacial score (nSPS) is 11.4. The molecule has 0 unspecified atom stereocenters. The van der Waals surface area contributed by atoms with Crippen LogP contribution in [0.3, 0.4) is 0 Å². The number of aryl methyl sites for hydroxylation is 6. The van der Waals surface area contributed by atoms with Gasteiger partial charge in [0.05, 0.1) is 11.4 Å². The van der Waals surface area contributed by atoms with Gasteiger partial charge in [-0.25, -0.2) is 0 Å². The number of rotatable bonds is 5. The van der Waals surface area contributed by atoms with Crippen molar-refractivity contribution in [3.8, 4) is 5.75 Å². The van der Waals surface area contributed by atoms with Crippen molar-refractivity contribution in [1.82, 2.24) is 0 Å². The van der Waals surface area contributed by atoms with Gasteiger partial charge in [0.15, 0.2) is 0 Å². The Kier molecular flexibility index (Phi) is 7.01. The van der Waals surface area contributed by atoms with Crippen LogP contribution in [-0.4, -0.2) is 11.8 Å². The Balaban J connectivity index is 1.59. The average Bonchev–Trinajstić information content (AvgIpc) is 2.87. The number of anilines is 1. The lowest BCUT2D eigenvalue weighted by atomic mass is 9.34. The molecule has 0 heterocycles. The van der Waals surface area contributed by atoms with Crippen molar-refractivity contribution in [2.45, 2.75) is 41.5 Å². The third-order valence-corrected chi connectivity index (χ3v) is 7.58. The van der Waals surface area contributed by atoms with Gasteiger partial charge in [-0.3, -0.25) is 0 Å². The number of nitrogens with two attached hydrogens (primary N) is 1. The first-order chi connectivity index (χ1) is 18.6. The molecule has 5 aromatic rings. The average molecular weight is 511 g/mol. The summed E-state index contributed by atoms with van der Waals surface area (Å²) in [6.45, 7) is 13.3. The second-order valence-electron chi connectivity index (χ2n) is 10.7. The topological polar surface area (TPSA) is 71.0 Å². The molecule has 0 amide bonds. The van der Waals surface area contributed by atoms with Gasteiger partial charge in [-0.1, -0.05) is 98.3 Å². The molecule has 0 bridgehead atoms. The molecule has 5 aromatic carbocycles. The first-order valence-corrected chi connectivity index (χ1v) is 13.3. The molecular formula is C34H34BN3O. The first-order valence-electron chi connectivity index (χ1n) is 13.3. The molecule has 0 saturated carbocycles. The molecule has 39 heavy (non-hydrogen) atoms. The van der Waals surface area contributed by atoms with Crippen molar-refractivity contribution in [1.29, 1.82) is 0 Å². The summed E-state index contributed by atoms with van der Waals surface area (Å²) in [5.74, 6) is 0.176. The van der Waals surface area contributed by atoms with Gasteiger partial charge in [-0.15, -0.1) is 5.11 Å². The quantitative estimate of drug-likeness (QED) is 0.153. The lowest BCUT2D eigenvalue weighted by Crippen LogP contribution is -2.55. The van der Waals surface area contributed by atoms with E-state index in [9.17, 15) is 5.11 Å². The van der Waals surface area contributed by atoms with Crippen molar-refractivity contribution >= 4 is 50.9 Å². The lowest BCUT2D eigenvalue weighted by Gasteiger charge is -2.24. The summed E-state index contributed by atoms with van der Waals surface area (Å²) < 4.78 is 0. The fraction of sp³-hybridized carbons (Fsp3) is 0.176. The second kappa shape index (κ2) is 10.4. The van der Waals surface area contributed by atoms with Crippen molar-refractivity contribution in [2.24, 2.45) is 10.2 Å². The number of nitrogen functional groups attached to an aromatic ring is 1. The van der Waals surface area contributed by atoms with Crippen LogP contribution < -0.4 is 22.1 Å². The van der Waals surface area contributed by atoms with E-state index in [1.807, 2.05) is 24.3 Å². The van der Waals surface area contributed by atoms with Gasteiger partial charge in [0.25, 0.3) is 0 Å². The molecule has 0 fully saturated rings. The summed E-state index contributed by atoms with van der Waals surface area (Å²) in [4.78, 5) is 0. The van der Waals surface area contributed by atoms with Crippen LogP contribution in [-0.2, 0) is 0 Å². The Morgan fingerprint density at radius 3 is 1.72 bits per heavy atom. The number of benzene rings is 5. The highest BCUT2D eigenvalue weighted by Crippen LogP contribution is 2.37. The monoisotopic (exact) mass is 511 g/mol. The Bertz CT molecular complexity index is 1640. The fourth-order valence-corrected chi connectivity index (χ4v) is 6.10. The first kappa shape index (κ1) is 26.2. The molecule has 5 heteroatoms. The van der Waals surface area contributed by atoms with Crippen LogP contribution in [0.4, 0.5) is 17.1 Å². The van der Waals surface area contributed by atoms with Gasteiger partial charge in [0.2, 0.25) is 6.71 Å². The molecule has 194 valence electrons. The summed E-state index contributed by atoms with van der Waals surface area (Å²) in [6, 6.07) is 26.3. The number of azo groups is 1. The van der Waals surface area contributed by atoms with Gasteiger partial charge in [-0.2, -0.15) is 5.11 Å².